The summed E-state index contributed by atoms with van der Waals surface area (Å²) in [7, 11) is 0. The molecule has 0 spiro atoms. The number of hydrogen-bond donors (Lipinski definition) is 0. The fourth-order valence-electron chi connectivity index (χ4n) is 11.4. The molecule has 0 saturated carbocycles. The van der Waals surface area contributed by atoms with E-state index in [9.17, 15) is 0 Å². The Balaban J connectivity index is 1.34. The van der Waals surface area contributed by atoms with Crippen LogP contribution < -0.4 is 16.4 Å². The van der Waals surface area contributed by atoms with E-state index in [0.29, 0.717) is 0 Å². The maximum Gasteiger partial charge on any atom is 0.252 e. The van der Waals surface area contributed by atoms with Gasteiger partial charge in [0.15, 0.2) is 0 Å². The maximum absolute atomic E-state index is 2.69. The number of rotatable bonds is 0. The van der Waals surface area contributed by atoms with Gasteiger partial charge in [0.1, 0.15) is 0 Å². The van der Waals surface area contributed by atoms with Crippen molar-refractivity contribution in [2.75, 3.05) is 0 Å². The molecular formula is C55H43BN2. The molecule has 2 aliphatic heterocycles. The fourth-order valence-corrected chi connectivity index (χ4v) is 11.4. The molecule has 276 valence electrons. The molecule has 2 aromatic heterocycles. The highest BCUT2D eigenvalue weighted by atomic mass is 15.0. The Hall–Kier alpha value is -6.32. The minimum Gasteiger partial charge on any atom is -0.310 e. The van der Waals surface area contributed by atoms with E-state index in [1.54, 1.807) is 0 Å². The molecule has 0 aliphatic carbocycles. The third kappa shape index (κ3) is 3.90. The van der Waals surface area contributed by atoms with Crippen molar-refractivity contribution in [3.8, 4) is 11.4 Å². The Bertz CT molecular complexity index is 3470. The Morgan fingerprint density at radius 3 is 1.10 bits per heavy atom. The van der Waals surface area contributed by atoms with Crippen molar-refractivity contribution in [1.82, 2.24) is 9.13 Å². The van der Waals surface area contributed by atoms with Crippen LogP contribution in [-0.4, -0.2) is 15.8 Å². The first kappa shape index (κ1) is 32.7. The molecule has 0 amide bonds. The molecule has 9 aromatic carbocycles. The number of aromatic nitrogens is 2. The van der Waals surface area contributed by atoms with E-state index in [1.165, 1.54) is 131 Å². The van der Waals surface area contributed by atoms with Crippen LogP contribution in [0.15, 0.2) is 133 Å². The summed E-state index contributed by atoms with van der Waals surface area (Å²) < 4.78 is 5.39. The first-order valence-electron chi connectivity index (χ1n) is 21.0. The smallest absolute Gasteiger partial charge is 0.252 e. The maximum atomic E-state index is 2.69. The van der Waals surface area contributed by atoms with Crippen LogP contribution in [0.25, 0.3) is 98.1 Å². The predicted molar refractivity (Wildman–Crippen MR) is 252 cm³/mol. The van der Waals surface area contributed by atoms with Crippen molar-refractivity contribution in [3.63, 3.8) is 0 Å². The van der Waals surface area contributed by atoms with Gasteiger partial charge >= 0.3 is 0 Å². The molecule has 4 heterocycles. The highest BCUT2D eigenvalue weighted by Gasteiger charge is 2.43. The minimum atomic E-state index is -0.0495. The number of nitrogens with zero attached hydrogens (tertiary/aromatic N) is 2. The Kier molecular flexibility index (Phi) is 5.98. The molecule has 0 atom stereocenters. The van der Waals surface area contributed by atoms with Gasteiger partial charge in [0, 0.05) is 54.7 Å². The highest BCUT2D eigenvalue weighted by molar-refractivity contribution is 7.00. The van der Waals surface area contributed by atoms with Gasteiger partial charge in [0.25, 0.3) is 6.71 Å². The number of benzene rings is 9. The van der Waals surface area contributed by atoms with Crippen molar-refractivity contribution in [1.29, 1.82) is 0 Å². The zero-order valence-electron chi connectivity index (χ0n) is 34.2. The van der Waals surface area contributed by atoms with Gasteiger partial charge in [0.05, 0.1) is 11.0 Å². The lowest BCUT2D eigenvalue weighted by molar-refractivity contribution is 0.591. The zero-order valence-corrected chi connectivity index (χ0v) is 34.2. The second-order valence-electron chi connectivity index (χ2n) is 19.4. The molecule has 0 N–H and O–H groups in total. The van der Waals surface area contributed by atoms with Crippen LogP contribution in [0, 0.1) is 6.92 Å². The quantitative estimate of drug-likeness (QED) is 0.108. The van der Waals surface area contributed by atoms with Crippen LogP contribution in [0.4, 0.5) is 0 Å². The van der Waals surface area contributed by atoms with Crippen LogP contribution in [-0.2, 0) is 10.8 Å². The standard InChI is InChI=1S/C55H43BN2/c1-30-24-45-49-46(25-30)58-51-42(48-38-21-13-9-17-34(38)36-19-11-15-23-40(36)53(48)58)27-32(55(5,6)7)29-44(51)56(49)43-28-31(54(2,3)4)26-41-47-37-20-12-8-16-33(37)35-18-10-14-22-39(35)52(47)57(45)50(41)43/h8-29H,1-7H3. The predicted octanol–water partition coefficient (Wildman–Crippen LogP) is 12.5. The van der Waals surface area contributed by atoms with E-state index in [-0.39, 0.29) is 17.5 Å². The van der Waals surface area contributed by atoms with Crippen LogP contribution in [0.1, 0.15) is 58.2 Å². The molecule has 2 aliphatic rings. The first-order valence-corrected chi connectivity index (χ1v) is 21.0. The van der Waals surface area contributed by atoms with E-state index >= 15 is 0 Å². The lowest BCUT2D eigenvalue weighted by atomic mass is 9.34. The van der Waals surface area contributed by atoms with Gasteiger partial charge in [0.2, 0.25) is 0 Å². The van der Waals surface area contributed by atoms with Gasteiger partial charge in [-0.05, 0) is 107 Å². The summed E-state index contributed by atoms with van der Waals surface area (Å²) in [5.41, 5.74) is 16.2. The zero-order chi connectivity index (χ0) is 39.1. The van der Waals surface area contributed by atoms with Crippen LogP contribution in [0.5, 0.6) is 0 Å². The molecule has 0 unspecified atom stereocenters. The van der Waals surface area contributed by atoms with Gasteiger partial charge in [-0.15, -0.1) is 0 Å². The van der Waals surface area contributed by atoms with Crippen LogP contribution >= 0.6 is 0 Å². The van der Waals surface area contributed by atoms with E-state index in [2.05, 4.69) is 191 Å². The van der Waals surface area contributed by atoms with Crippen LogP contribution in [0.3, 0.4) is 0 Å². The van der Waals surface area contributed by atoms with E-state index in [1.807, 2.05) is 0 Å². The van der Waals surface area contributed by atoms with E-state index in [0.717, 1.165) is 0 Å². The summed E-state index contributed by atoms with van der Waals surface area (Å²) in [6.07, 6.45) is 0. The summed E-state index contributed by atoms with van der Waals surface area (Å²) in [6.45, 7) is 16.6. The average Bonchev–Trinajstić information content (AvgIpc) is 3.76. The summed E-state index contributed by atoms with van der Waals surface area (Å²) >= 11 is 0. The van der Waals surface area contributed by atoms with Crippen molar-refractivity contribution < 1.29 is 0 Å². The van der Waals surface area contributed by atoms with Gasteiger partial charge in [-0.25, -0.2) is 0 Å². The van der Waals surface area contributed by atoms with Gasteiger partial charge in [-0.3, -0.25) is 0 Å². The Morgan fingerprint density at radius 1 is 0.379 bits per heavy atom. The minimum absolute atomic E-state index is 0.0495. The fraction of sp³-hybridized carbons (Fsp3) is 0.164. The van der Waals surface area contributed by atoms with E-state index in [4.69, 9.17) is 0 Å². The molecule has 2 nitrogen and oxygen atoms in total. The summed E-state index contributed by atoms with van der Waals surface area (Å²) in [5, 5.41) is 16.0. The number of aryl methyl sites for hydroxylation is 1. The van der Waals surface area contributed by atoms with Crippen molar-refractivity contribution in [2.45, 2.75) is 59.3 Å². The second-order valence-corrected chi connectivity index (χ2v) is 19.4. The summed E-state index contributed by atoms with van der Waals surface area (Å²) in [6, 6.07) is 51.7. The Morgan fingerprint density at radius 2 is 0.724 bits per heavy atom. The Labute approximate surface area is 338 Å². The molecule has 0 fully saturated rings. The van der Waals surface area contributed by atoms with Gasteiger partial charge in [-0.2, -0.15) is 0 Å². The SMILES string of the molecule is Cc1cc2c3c(c1)-n1c4c(cc(C(C)(C)C)cc4c4c5ccccc5c5ccccc5c41)B3c1cc(C(C)(C)C)cc3c4c5ccccc5c5ccccc5c4n-2c13. The second kappa shape index (κ2) is 10.6. The average molecular weight is 743 g/mol. The third-order valence-electron chi connectivity index (χ3n) is 13.9. The van der Waals surface area contributed by atoms with Crippen molar-refractivity contribution >= 4 is 110 Å². The van der Waals surface area contributed by atoms with Gasteiger partial charge in [-0.1, -0.05) is 151 Å². The number of fused-ring (bicyclic) bond motifs is 20. The molecule has 0 bridgehead atoms. The lowest BCUT2D eigenvalue weighted by Crippen LogP contribution is -2.59. The molecule has 0 saturated heterocycles. The molecular weight excluding hydrogens is 699 g/mol. The van der Waals surface area contributed by atoms with E-state index < -0.39 is 0 Å². The third-order valence-corrected chi connectivity index (χ3v) is 13.9. The van der Waals surface area contributed by atoms with Crippen molar-refractivity contribution in [3.05, 3.63) is 150 Å². The molecule has 13 rings (SSSR count). The molecule has 3 heteroatoms. The monoisotopic (exact) mass is 742 g/mol. The molecule has 58 heavy (non-hydrogen) atoms. The first-order chi connectivity index (χ1) is 28.0. The molecule has 11 aromatic rings. The summed E-state index contributed by atoms with van der Waals surface area (Å²) in [4.78, 5) is 0. The number of hydrogen-bond acceptors (Lipinski definition) is 0. The lowest BCUT2D eigenvalue weighted by Gasteiger charge is -2.35. The largest absolute Gasteiger partial charge is 0.310 e. The summed E-state index contributed by atoms with van der Waals surface area (Å²) in [5.74, 6) is 0. The topological polar surface area (TPSA) is 9.86 Å². The highest BCUT2D eigenvalue weighted by Crippen LogP contribution is 2.48. The van der Waals surface area contributed by atoms with Gasteiger partial charge < -0.3 is 9.13 Å². The molecule has 0 radical (unpaired) electrons. The van der Waals surface area contributed by atoms with Crippen molar-refractivity contribution in [2.24, 2.45) is 0 Å². The normalized spacial score (nSPS) is 13.7. The van der Waals surface area contributed by atoms with Crippen LogP contribution in [0.2, 0.25) is 0 Å².